The molecule has 8 nitrogen and oxygen atoms in total. The van der Waals surface area contributed by atoms with E-state index in [0.29, 0.717) is 34.9 Å². The second kappa shape index (κ2) is 23.2. The molecule has 0 saturated carbocycles. The molecule has 0 unspecified atom stereocenters. The molecule has 0 aliphatic carbocycles. The Morgan fingerprint density at radius 3 is 1.21 bits per heavy atom. The van der Waals surface area contributed by atoms with Crippen LogP contribution in [-0.4, -0.2) is 29.9 Å². The Kier molecular flexibility index (Phi) is 13.7. The smallest absolute Gasteiger partial charge is 0.167 e. The van der Waals surface area contributed by atoms with Gasteiger partial charge in [0, 0.05) is 49.4 Å². The molecule has 0 radical (unpaired) electrons. The van der Waals surface area contributed by atoms with E-state index in [1.165, 1.54) is 33.0 Å². The van der Waals surface area contributed by atoms with Gasteiger partial charge in [0.05, 0.1) is 5.56 Å². The van der Waals surface area contributed by atoms with Crippen LogP contribution in [0.4, 0.5) is 0 Å². The van der Waals surface area contributed by atoms with Crippen LogP contribution >= 0.6 is 0 Å². The van der Waals surface area contributed by atoms with Gasteiger partial charge in [-0.15, -0.1) is 0 Å². The second-order valence-electron chi connectivity index (χ2n) is 22.1. The predicted octanol–water partition coefficient (Wildman–Crippen LogP) is 21.4. The van der Waals surface area contributed by atoms with Gasteiger partial charge in [0.1, 0.15) is 22.3 Å². The number of aromatic nitrogens is 6. The van der Waals surface area contributed by atoms with Gasteiger partial charge in [-0.3, -0.25) is 0 Å². The Morgan fingerprint density at radius 1 is 0.189 bits per heavy atom. The molecular weight excluding hydrogens is 1100 g/mol. The van der Waals surface area contributed by atoms with Gasteiger partial charge in [0.15, 0.2) is 34.9 Å². The number of benzene rings is 13. The molecule has 0 atom stereocenters. The third-order valence-electron chi connectivity index (χ3n) is 16.5. The molecule has 0 aliphatic rings. The standard InChI is InChI=1S/C43H27N3O.C39H25N3O/c1-3-13-31(14-4-1)41-44-42(32-15-5-2-6-16-32)46-43(45-41)37-22-10-21-36-39-35(20-11-23-38(39)47-40(36)37)30-26-24-29(25-27-30)34-19-9-17-28-12-7-8-18-33(28)34;1-3-10-26(11-4-1)27-18-20-28(21-19-27)30-14-9-15-31(24-30)38-40-37(29-12-5-2-6-13-29)41-39(42-38)32-22-23-34-33-16-7-8-17-35(33)43-36(34)25-32/h1-27H;1-25H. The molecule has 17 aromatic rings. The van der Waals surface area contributed by atoms with Crippen molar-refractivity contribution in [1.82, 2.24) is 29.9 Å². The Bertz CT molecular complexity index is 5400. The minimum absolute atomic E-state index is 0.573. The first-order valence-corrected chi connectivity index (χ1v) is 30.0. The van der Waals surface area contributed by atoms with Crippen molar-refractivity contribution in [3.8, 4) is 113 Å². The summed E-state index contributed by atoms with van der Waals surface area (Å²) in [6.07, 6.45) is 0. The molecule has 0 spiro atoms. The van der Waals surface area contributed by atoms with E-state index in [4.69, 9.17) is 38.7 Å². The highest BCUT2D eigenvalue weighted by molar-refractivity contribution is 6.15. The van der Waals surface area contributed by atoms with Gasteiger partial charge in [-0.2, -0.15) is 0 Å². The van der Waals surface area contributed by atoms with E-state index in [0.717, 1.165) is 99.5 Å². The van der Waals surface area contributed by atoms with Crippen LogP contribution in [0.5, 0.6) is 0 Å². The van der Waals surface area contributed by atoms with Gasteiger partial charge in [-0.25, -0.2) is 29.9 Å². The molecule has 0 fully saturated rings. The number of para-hydroxylation sites is 2. The van der Waals surface area contributed by atoms with E-state index in [1.54, 1.807) is 0 Å². The third kappa shape index (κ3) is 10.3. The molecule has 8 heteroatoms. The zero-order chi connectivity index (χ0) is 59.7. The number of hydrogen-bond acceptors (Lipinski definition) is 8. The topological polar surface area (TPSA) is 104 Å². The van der Waals surface area contributed by atoms with Crippen molar-refractivity contribution in [2.24, 2.45) is 0 Å². The monoisotopic (exact) mass is 1150 g/mol. The number of rotatable bonds is 10. The molecule has 0 N–H and O–H groups in total. The molecule has 0 bridgehead atoms. The minimum atomic E-state index is 0.573. The minimum Gasteiger partial charge on any atom is -0.456 e. The van der Waals surface area contributed by atoms with Gasteiger partial charge < -0.3 is 8.83 Å². The lowest BCUT2D eigenvalue weighted by molar-refractivity contribution is 0.669. The van der Waals surface area contributed by atoms with Crippen LogP contribution in [0.15, 0.2) is 324 Å². The van der Waals surface area contributed by atoms with Crippen LogP contribution in [0.3, 0.4) is 0 Å². The largest absolute Gasteiger partial charge is 0.456 e. The van der Waals surface area contributed by atoms with Crippen molar-refractivity contribution in [1.29, 1.82) is 0 Å². The fraction of sp³-hybridized carbons (Fsp3) is 0. The zero-order valence-electron chi connectivity index (χ0n) is 48.5. The van der Waals surface area contributed by atoms with Crippen molar-refractivity contribution in [3.05, 3.63) is 315 Å². The van der Waals surface area contributed by atoms with E-state index in [1.807, 2.05) is 133 Å². The molecule has 4 heterocycles. The average Bonchev–Trinajstić information content (AvgIpc) is 1.63. The van der Waals surface area contributed by atoms with Crippen LogP contribution in [0.25, 0.3) is 167 Å². The van der Waals surface area contributed by atoms with Crippen LogP contribution in [0.1, 0.15) is 0 Å². The Balaban J connectivity index is 0.000000145. The predicted molar refractivity (Wildman–Crippen MR) is 366 cm³/mol. The van der Waals surface area contributed by atoms with Crippen molar-refractivity contribution >= 4 is 54.6 Å². The summed E-state index contributed by atoms with van der Waals surface area (Å²) < 4.78 is 12.8. The number of hydrogen-bond donors (Lipinski definition) is 0. The maximum atomic E-state index is 6.63. The molecule has 422 valence electrons. The van der Waals surface area contributed by atoms with E-state index >= 15 is 0 Å². The first kappa shape index (κ1) is 53.2. The quantitative estimate of drug-likeness (QED) is 0.133. The van der Waals surface area contributed by atoms with Gasteiger partial charge in [-0.05, 0) is 91.7 Å². The SMILES string of the molecule is c1ccc(-c2ccc(-c3cccc(-c4nc(-c5ccccc5)nc(-c5ccc6c(c5)oc5ccccc56)n4)c3)cc2)cc1.c1ccc(-c2nc(-c3ccccc3)nc(-c3cccc4c3oc3cccc(-c5ccc(-c6cccc7ccccc67)cc5)c34)n2)cc1. The number of nitrogens with zero attached hydrogens (tertiary/aromatic N) is 6. The molecule has 90 heavy (non-hydrogen) atoms. The van der Waals surface area contributed by atoms with Crippen LogP contribution in [0, 0.1) is 0 Å². The molecule has 0 amide bonds. The highest BCUT2D eigenvalue weighted by atomic mass is 16.3. The first-order valence-electron chi connectivity index (χ1n) is 30.0. The lowest BCUT2D eigenvalue weighted by Gasteiger charge is -2.10. The number of fused-ring (bicyclic) bond motifs is 7. The Morgan fingerprint density at radius 2 is 0.567 bits per heavy atom. The summed E-state index contributed by atoms with van der Waals surface area (Å²) in [4.78, 5) is 29.7. The summed E-state index contributed by atoms with van der Waals surface area (Å²) in [6, 6.07) is 108. The zero-order valence-corrected chi connectivity index (χ0v) is 48.5. The molecule has 0 aliphatic heterocycles. The molecule has 0 saturated heterocycles. The highest BCUT2D eigenvalue weighted by Crippen LogP contribution is 2.42. The lowest BCUT2D eigenvalue weighted by Crippen LogP contribution is -2.00. The fourth-order valence-corrected chi connectivity index (χ4v) is 12.0. The molecule has 17 rings (SSSR count). The van der Waals surface area contributed by atoms with Crippen LogP contribution in [-0.2, 0) is 0 Å². The summed E-state index contributed by atoms with van der Waals surface area (Å²) in [6.45, 7) is 0. The molecule has 13 aromatic carbocycles. The van der Waals surface area contributed by atoms with Crippen molar-refractivity contribution in [2.45, 2.75) is 0 Å². The van der Waals surface area contributed by atoms with Crippen molar-refractivity contribution < 1.29 is 8.83 Å². The molecular formula is C82H52N6O2. The van der Waals surface area contributed by atoms with E-state index < -0.39 is 0 Å². The van der Waals surface area contributed by atoms with Crippen LogP contribution in [0.2, 0.25) is 0 Å². The summed E-state index contributed by atoms with van der Waals surface area (Å²) >= 11 is 0. The molecule has 4 aromatic heterocycles. The van der Waals surface area contributed by atoms with Gasteiger partial charge >= 0.3 is 0 Å². The van der Waals surface area contributed by atoms with E-state index in [2.05, 4.69) is 182 Å². The highest BCUT2D eigenvalue weighted by Gasteiger charge is 2.21. The summed E-state index contributed by atoms with van der Waals surface area (Å²) in [5.74, 6) is 3.66. The number of furan rings is 2. The van der Waals surface area contributed by atoms with E-state index in [-0.39, 0.29) is 0 Å². The van der Waals surface area contributed by atoms with Gasteiger partial charge in [0.25, 0.3) is 0 Å². The van der Waals surface area contributed by atoms with Crippen molar-refractivity contribution in [2.75, 3.05) is 0 Å². The average molecular weight is 1150 g/mol. The Hall–Kier alpha value is -12.3. The normalized spacial score (nSPS) is 11.3. The summed E-state index contributed by atoms with van der Waals surface area (Å²) in [5.41, 5.74) is 18.0. The second-order valence-corrected chi connectivity index (χ2v) is 22.1. The summed E-state index contributed by atoms with van der Waals surface area (Å²) in [7, 11) is 0. The van der Waals surface area contributed by atoms with E-state index in [9.17, 15) is 0 Å². The van der Waals surface area contributed by atoms with Gasteiger partial charge in [0.2, 0.25) is 0 Å². The summed E-state index contributed by atoms with van der Waals surface area (Å²) in [5, 5.41) is 6.76. The maximum Gasteiger partial charge on any atom is 0.167 e. The maximum absolute atomic E-state index is 6.63. The lowest BCUT2D eigenvalue weighted by atomic mass is 9.94. The van der Waals surface area contributed by atoms with Crippen LogP contribution < -0.4 is 0 Å². The van der Waals surface area contributed by atoms with Gasteiger partial charge in [-0.1, -0.05) is 279 Å². The third-order valence-corrected chi connectivity index (χ3v) is 16.5. The first-order chi connectivity index (χ1) is 44.6. The van der Waals surface area contributed by atoms with Crippen molar-refractivity contribution in [3.63, 3.8) is 0 Å². The fourth-order valence-electron chi connectivity index (χ4n) is 12.0. The Labute approximate surface area is 518 Å².